The van der Waals surface area contributed by atoms with Gasteiger partial charge in [-0.15, -0.1) is 0 Å². The second-order valence-corrected chi connectivity index (χ2v) is 9.75. The standard InChI is InChI=1S/C20H23BrN3O8P/c1-12-10-24(20(27)22-18(12)25)17-8-7-16(31-17)11-30-33(28,23-13(2)19(26)29-3)32-15-6-4-5-14(21)9-15/h4-10,13,16-17H,11H2,1-3H3,(H,23,28)(H,22,25,27)/t13?,16-,17+,33?/m0/s1. The van der Waals surface area contributed by atoms with E-state index in [9.17, 15) is 18.9 Å². The Hall–Kier alpha value is -2.50. The highest BCUT2D eigenvalue weighted by Gasteiger charge is 2.34. The number of benzene rings is 1. The highest BCUT2D eigenvalue weighted by Crippen LogP contribution is 2.45. The summed E-state index contributed by atoms with van der Waals surface area (Å²) in [4.78, 5) is 37.7. The molecule has 2 heterocycles. The number of hydrogen-bond donors (Lipinski definition) is 2. The summed E-state index contributed by atoms with van der Waals surface area (Å²) in [6.45, 7) is 2.81. The van der Waals surface area contributed by atoms with Crippen LogP contribution in [0.1, 0.15) is 18.7 Å². The van der Waals surface area contributed by atoms with E-state index < -0.39 is 43.3 Å². The minimum atomic E-state index is -4.05. The molecule has 0 fully saturated rings. The van der Waals surface area contributed by atoms with E-state index >= 15 is 0 Å². The van der Waals surface area contributed by atoms with Gasteiger partial charge in [0, 0.05) is 16.2 Å². The predicted molar refractivity (Wildman–Crippen MR) is 122 cm³/mol. The Labute approximate surface area is 197 Å². The molecule has 33 heavy (non-hydrogen) atoms. The van der Waals surface area contributed by atoms with Gasteiger partial charge in [0.25, 0.3) is 5.56 Å². The SMILES string of the molecule is COC(=O)C(C)NP(=O)(OC[C@@H]1C=C[C@H](n2cc(C)c(=O)[nH]c2=O)O1)Oc1cccc(Br)c1. The van der Waals surface area contributed by atoms with Gasteiger partial charge >= 0.3 is 19.4 Å². The molecule has 2 unspecified atom stereocenters. The van der Waals surface area contributed by atoms with Gasteiger partial charge < -0.3 is 14.0 Å². The van der Waals surface area contributed by atoms with Crippen LogP contribution in [0, 0.1) is 6.92 Å². The van der Waals surface area contributed by atoms with Crippen molar-refractivity contribution in [3.63, 3.8) is 0 Å². The van der Waals surface area contributed by atoms with Gasteiger partial charge in [-0.3, -0.25) is 23.7 Å². The first-order valence-corrected chi connectivity index (χ1v) is 12.1. The molecule has 2 N–H and O–H groups in total. The van der Waals surface area contributed by atoms with E-state index in [4.69, 9.17) is 13.8 Å². The number of halogens is 1. The monoisotopic (exact) mass is 543 g/mol. The maximum absolute atomic E-state index is 13.4. The highest BCUT2D eigenvalue weighted by molar-refractivity contribution is 9.10. The van der Waals surface area contributed by atoms with Crippen molar-refractivity contribution in [2.75, 3.05) is 13.7 Å². The number of carbonyl (C=O) groups excluding carboxylic acids is 1. The van der Waals surface area contributed by atoms with Gasteiger partial charge in [0.05, 0.1) is 13.7 Å². The lowest BCUT2D eigenvalue weighted by molar-refractivity contribution is -0.142. The number of methoxy groups -OCH3 is 1. The molecule has 178 valence electrons. The zero-order valence-electron chi connectivity index (χ0n) is 18.0. The van der Waals surface area contributed by atoms with Gasteiger partial charge in [0.2, 0.25) is 0 Å². The molecule has 0 spiro atoms. The lowest BCUT2D eigenvalue weighted by atomic mass is 10.3. The van der Waals surface area contributed by atoms with Crippen LogP contribution in [0.3, 0.4) is 0 Å². The summed E-state index contributed by atoms with van der Waals surface area (Å²) in [5.41, 5.74) is -0.757. The second-order valence-electron chi connectivity index (χ2n) is 7.14. The number of aryl methyl sites for hydroxylation is 1. The summed E-state index contributed by atoms with van der Waals surface area (Å²) in [6, 6.07) is 5.64. The first-order chi connectivity index (χ1) is 15.6. The van der Waals surface area contributed by atoms with E-state index in [2.05, 4.69) is 30.7 Å². The fourth-order valence-electron chi connectivity index (χ4n) is 2.91. The summed E-state index contributed by atoms with van der Waals surface area (Å²) < 4.78 is 36.9. The smallest absolute Gasteiger partial charge is 0.459 e. The minimum Gasteiger partial charge on any atom is -0.468 e. The van der Waals surface area contributed by atoms with Crippen LogP contribution in [0.5, 0.6) is 5.75 Å². The molecule has 1 aromatic carbocycles. The molecular weight excluding hydrogens is 521 g/mol. The molecule has 0 saturated heterocycles. The van der Waals surface area contributed by atoms with Crippen molar-refractivity contribution in [3.8, 4) is 5.75 Å². The van der Waals surface area contributed by atoms with E-state index in [1.807, 2.05) is 0 Å². The van der Waals surface area contributed by atoms with Gasteiger partial charge in [-0.25, -0.2) is 9.36 Å². The topological polar surface area (TPSA) is 138 Å². The number of H-pyrrole nitrogens is 1. The maximum atomic E-state index is 13.4. The van der Waals surface area contributed by atoms with Crippen molar-refractivity contribution in [1.29, 1.82) is 0 Å². The molecule has 3 rings (SSSR count). The highest BCUT2D eigenvalue weighted by atomic mass is 79.9. The fraction of sp³-hybridized carbons (Fsp3) is 0.350. The third-order valence-electron chi connectivity index (χ3n) is 4.56. The van der Waals surface area contributed by atoms with E-state index in [-0.39, 0.29) is 12.4 Å². The molecule has 1 aromatic heterocycles. The number of nitrogens with one attached hydrogen (secondary N) is 2. The molecule has 0 bridgehead atoms. The summed E-state index contributed by atoms with van der Waals surface area (Å²) in [5, 5.41) is 2.55. The number of aromatic nitrogens is 2. The number of esters is 1. The largest absolute Gasteiger partial charge is 0.468 e. The molecule has 11 nitrogen and oxygen atoms in total. The van der Waals surface area contributed by atoms with Crippen molar-refractivity contribution < 1.29 is 27.9 Å². The zero-order valence-corrected chi connectivity index (χ0v) is 20.5. The minimum absolute atomic E-state index is 0.212. The number of ether oxygens (including phenoxy) is 2. The van der Waals surface area contributed by atoms with Crippen molar-refractivity contribution in [2.45, 2.75) is 32.2 Å². The summed E-state index contributed by atoms with van der Waals surface area (Å²) in [6.07, 6.45) is 3.17. The molecule has 0 radical (unpaired) electrons. The van der Waals surface area contributed by atoms with Gasteiger partial charge in [-0.2, -0.15) is 5.09 Å². The maximum Gasteiger partial charge on any atom is 0.459 e. The average molecular weight is 544 g/mol. The van der Waals surface area contributed by atoms with Crippen LogP contribution in [0.2, 0.25) is 0 Å². The third kappa shape index (κ3) is 6.52. The van der Waals surface area contributed by atoms with Gasteiger partial charge in [-0.1, -0.05) is 28.1 Å². The molecule has 13 heteroatoms. The van der Waals surface area contributed by atoms with Crippen molar-refractivity contribution in [3.05, 3.63) is 73.5 Å². The number of carbonyl (C=O) groups is 1. The Bertz CT molecular complexity index is 1210. The zero-order chi connectivity index (χ0) is 24.2. The molecule has 1 aliphatic heterocycles. The van der Waals surface area contributed by atoms with Crippen LogP contribution in [0.15, 0.2) is 56.7 Å². The van der Waals surface area contributed by atoms with E-state index in [1.165, 1.54) is 24.8 Å². The predicted octanol–water partition coefficient (Wildman–Crippen LogP) is 2.42. The molecular formula is C20H23BrN3O8P. The second kappa shape index (κ2) is 10.6. The summed E-state index contributed by atoms with van der Waals surface area (Å²) in [5.74, 6) is -0.408. The van der Waals surface area contributed by atoms with E-state index in [1.54, 1.807) is 43.3 Å². The fourth-order valence-corrected chi connectivity index (χ4v) is 4.78. The molecule has 0 saturated carbocycles. The number of aromatic amines is 1. The lowest BCUT2D eigenvalue weighted by Crippen LogP contribution is -2.35. The molecule has 0 amide bonds. The Morgan fingerprint density at radius 3 is 2.82 bits per heavy atom. The first kappa shape index (κ1) is 25.1. The Kier molecular flexibility index (Phi) is 8.09. The van der Waals surface area contributed by atoms with Crippen molar-refractivity contribution in [2.24, 2.45) is 0 Å². The summed E-state index contributed by atoms with van der Waals surface area (Å²) >= 11 is 3.31. The first-order valence-electron chi connectivity index (χ1n) is 9.81. The molecule has 1 aliphatic rings. The van der Waals surface area contributed by atoms with E-state index in [0.717, 1.165) is 0 Å². The van der Waals surface area contributed by atoms with Crippen molar-refractivity contribution in [1.82, 2.24) is 14.6 Å². The number of nitrogens with zero attached hydrogens (tertiary/aromatic N) is 1. The Morgan fingerprint density at radius 1 is 1.36 bits per heavy atom. The lowest BCUT2D eigenvalue weighted by Gasteiger charge is -2.24. The van der Waals surface area contributed by atoms with Gasteiger partial charge in [-0.05, 0) is 38.1 Å². The van der Waals surface area contributed by atoms with Gasteiger partial charge in [0.1, 0.15) is 17.9 Å². The van der Waals surface area contributed by atoms with Crippen LogP contribution in [-0.4, -0.2) is 41.4 Å². The quantitative estimate of drug-likeness (QED) is 0.277. The van der Waals surface area contributed by atoms with Gasteiger partial charge in [0.15, 0.2) is 6.23 Å². The van der Waals surface area contributed by atoms with E-state index in [0.29, 0.717) is 10.0 Å². The normalized spacial score (nSPS) is 20.2. The number of rotatable bonds is 9. The van der Waals surface area contributed by atoms with Crippen LogP contribution in [0.25, 0.3) is 0 Å². The Balaban J connectivity index is 1.71. The van der Waals surface area contributed by atoms with Crippen LogP contribution in [0.4, 0.5) is 0 Å². The molecule has 2 aromatic rings. The average Bonchev–Trinajstić information content (AvgIpc) is 3.23. The number of hydrogen-bond acceptors (Lipinski definition) is 8. The Morgan fingerprint density at radius 2 is 2.12 bits per heavy atom. The third-order valence-corrected chi connectivity index (χ3v) is 6.70. The van der Waals surface area contributed by atoms with Crippen LogP contribution in [-0.2, 0) is 23.4 Å². The van der Waals surface area contributed by atoms with Crippen LogP contribution >= 0.6 is 23.7 Å². The van der Waals surface area contributed by atoms with Crippen LogP contribution < -0.4 is 20.9 Å². The molecule has 0 aliphatic carbocycles. The van der Waals surface area contributed by atoms with Crippen molar-refractivity contribution >= 4 is 29.6 Å². The molecule has 4 atom stereocenters. The summed E-state index contributed by atoms with van der Waals surface area (Å²) in [7, 11) is -2.85.